The Bertz CT molecular complexity index is 66.9. The van der Waals surface area contributed by atoms with Gasteiger partial charge in [-0.2, -0.15) is 0 Å². The third-order valence-corrected chi connectivity index (χ3v) is 1.76. The molecule has 1 aliphatic carbocycles. The molecule has 0 saturated heterocycles. The van der Waals surface area contributed by atoms with Gasteiger partial charge in [-0.1, -0.05) is 0 Å². The molecule has 2 atom stereocenters. The highest BCUT2D eigenvalue weighted by Gasteiger charge is 2.18. The van der Waals surface area contributed by atoms with E-state index in [1.54, 1.807) is 0 Å². The van der Waals surface area contributed by atoms with E-state index in [1.165, 1.54) is 6.42 Å². The molecule has 0 bridgehead atoms. The van der Waals surface area contributed by atoms with E-state index in [1.807, 2.05) is 0 Å². The summed E-state index contributed by atoms with van der Waals surface area (Å²) >= 11 is 0. The fourth-order valence-corrected chi connectivity index (χ4v) is 1.26. The van der Waals surface area contributed by atoms with E-state index in [0.717, 1.165) is 19.3 Å². The van der Waals surface area contributed by atoms with Crippen molar-refractivity contribution in [3.05, 3.63) is 0 Å². The molecule has 1 rings (SSSR count). The van der Waals surface area contributed by atoms with Gasteiger partial charge in [0.15, 0.2) is 0 Å². The molecule has 0 unspecified atom stereocenters. The van der Waals surface area contributed by atoms with Crippen molar-refractivity contribution in [1.82, 2.24) is 0 Å². The summed E-state index contributed by atoms with van der Waals surface area (Å²) in [7, 11) is 0. The molecule has 4 N–H and O–H groups in total. The maximum atomic E-state index is 9.04. The first kappa shape index (κ1) is 6.05. The number of hydrogen-bond acceptors (Lipinski definition) is 1. The monoisotopic (exact) mass is 116 g/mol. The smallest absolute Gasteiger partial charge is 0.0868 e. The summed E-state index contributed by atoms with van der Waals surface area (Å²) in [5.74, 6) is 0. The zero-order valence-corrected chi connectivity index (χ0v) is 5.14. The maximum Gasteiger partial charge on any atom is 0.0868 e. The minimum absolute atomic E-state index is 0.0498. The minimum Gasteiger partial charge on any atom is -0.393 e. The predicted molar refractivity (Wildman–Crippen MR) is 31.2 cm³/mol. The van der Waals surface area contributed by atoms with Crippen LogP contribution in [0.1, 0.15) is 25.7 Å². The summed E-state index contributed by atoms with van der Waals surface area (Å²) in [6.07, 6.45) is 4.23. The van der Waals surface area contributed by atoms with E-state index in [9.17, 15) is 0 Å². The molecule has 1 aliphatic rings. The third-order valence-electron chi connectivity index (χ3n) is 1.76. The zero-order chi connectivity index (χ0) is 5.98. The molecule has 2 nitrogen and oxygen atoms in total. The van der Waals surface area contributed by atoms with Crippen LogP contribution in [0.2, 0.25) is 0 Å². The molecule has 0 aromatic rings. The lowest BCUT2D eigenvalue weighted by molar-refractivity contribution is -0.428. The third kappa shape index (κ3) is 1.46. The van der Waals surface area contributed by atoms with Crippen LogP contribution >= 0.6 is 0 Å². The highest BCUT2D eigenvalue weighted by Crippen LogP contribution is 2.14. The van der Waals surface area contributed by atoms with Gasteiger partial charge in [-0.15, -0.1) is 0 Å². The molecule has 0 aliphatic heterocycles. The lowest BCUT2D eigenvalue weighted by atomic mass is 9.94. The summed E-state index contributed by atoms with van der Waals surface area (Å²) in [5.41, 5.74) is 3.89. The highest BCUT2D eigenvalue weighted by molar-refractivity contribution is 4.68. The molecule has 0 radical (unpaired) electrons. The Kier molecular flexibility index (Phi) is 1.86. The van der Waals surface area contributed by atoms with Crippen molar-refractivity contribution < 1.29 is 10.8 Å². The van der Waals surface area contributed by atoms with Crippen LogP contribution in [0.15, 0.2) is 0 Å². The Morgan fingerprint density at radius 1 is 1.38 bits per heavy atom. The summed E-state index contributed by atoms with van der Waals surface area (Å²) in [6, 6.07) is 0.513. The lowest BCUT2D eigenvalue weighted by Crippen LogP contribution is -2.62. The van der Waals surface area contributed by atoms with Gasteiger partial charge in [-0.3, -0.25) is 0 Å². The van der Waals surface area contributed by atoms with Gasteiger partial charge in [0.2, 0.25) is 0 Å². The molecule has 0 amide bonds. The standard InChI is InChI=1S/C6H13NO/c7-5-2-1-3-6(8)4-5/h5-6,8H,1-4,7H2/p+1/t5-,6+/m0/s1. The fraction of sp³-hybridized carbons (Fsp3) is 1.00. The Hall–Kier alpha value is -0.0800. The van der Waals surface area contributed by atoms with Crippen molar-refractivity contribution in [2.24, 2.45) is 0 Å². The second kappa shape index (κ2) is 2.46. The van der Waals surface area contributed by atoms with Crippen LogP contribution in [-0.2, 0) is 0 Å². The summed E-state index contributed by atoms with van der Waals surface area (Å²) in [4.78, 5) is 0. The summed E-state index contributed by atoms with van der Waals surface area (Å²) in [5, 5.41) is 9.04. The van der Waals surface area contributed by atoms with E-state index in [-0.39, 0.29) is 6.10 Å². The van der Waals surface area contributed by atoms with Gasteiger partial charge in [0, 0.05) is 6.42 Å². The Labute approximate surface area is 49.7 Å². The van der Waals surface area contributed by atoms with Crippen molar-refractivity contribution in [3.8, 4) is 0 Å². The van der Waals surface area contributed by atoms with Crippen molar-refractivity contribution >= 4 is 0 Å². The van der Waals surface area contributed by atoms with Crippen LogP contribution in [0.4, 0.5) is 0 Å². The molecular formula is C6H14NO+. The molecule has 2 heteroatoms. The average molecular weight is 116 g/mol. The van der Waals surface area contributed by atoms with E-state index in [4.69, 9.17) is 5.11 Å². The van der Waals surface area contributed by atoms with Crippen LogP contribution in [0.3, 0.4) is 0 Å². The molecule has 1 fully saturated rings. The van der Waals surface area contributed by atoms with Crippen LogP contribution in [0.5, 0.6) is 0 Å². The maximum absolute atomic E-state index is 9.04. The van der Waals surface area contributed by atoms with Gasteiger partial charge >= 0.3 is 0 Å². The second-order valence-electron chi connectivity index (χ2n) is 2.69. The molecule has 0 heterocycles. The molecule has 48 valence electrons. The van der Waals surface area contributed by atoms with Gasteiger partial charge < -0.3 is 10.8 Å². The van der Waals surface area contributed by atoms with Crippen LogP contribution < -0.4 is 5.73 Å². The number of hydrogen-bond donors (Lipinski definition) is 2. The van der Waals surface area contributed by atoms with Crippen molar-refractivity contribution in [1.29, 1.82) is 0 Å². The normalized spacial score (nSPS) is 39.8. The van der Waals surface area contributed by atoms with Crippen LogP contribution in [0.25, 0.3) is 0 Å². The largest absolute Gasteiger partial charge is 0.393 e. The van der Waals surface area contributed by atoms with E-state index in [2.05, 4.69) is 5.73 Å². The Morgan fingerprint density at radius 3 is 2.50 bits per heavy atom. The highest BCUT2D eigenvalue weighted by atomic mass is 16.3. The van der Waals surface area contributed by atoms with Crippen molar-refractivity contribution in [2.45, 2.75) is 37.8 Å². The second-order valence-corrected chi connectivity index (χ2v) is 2.69. The molecule has 8 heavy (non-hydrogen) atoms. The Morgan fingerprint density at radius 2 is 2.12 bits per heavy atom. The van der Waals surface area contributed by atoms with Crippen molar-refractivity contribution in [3.63, 3.8) is 0 Å². The van der Waals surface area contributed by atoms with Crippen molar-refractivity contribution in [2.75, 3.05) is 0 Å². The van der Waals surface area contributed by atoms with Gasteiger partial charge in [0.05, 0.1) is 12.1 Å². The number of aliphatic hydroxyl groups is 1. The number of quaternary nitrogens is 1. The number of aliphatic hydroxyl groups excluding tert-OH is 1. The van der Waals surface area contributed by atoms with Crippen LogP contribution in [0, 0.1) is 0 Å². The predicted octanol–water partition coefficient (Wildman–Crippen LogP) is -0.468. The van der Waals surface area contributed by atoms with Gasteiger partial charge in [-0.25, -0.2) is 0 Å². The Balaban J connectivity index is 2.23. The zero-order valence-electron chi connectivity index (χ0n) is 5.14. The lowest BCUT2D eigenvalue weighted by Gasteiger charge is -2.19. The summed E-state index contributed by atoms with van der Waals surface area (Å²) in [6.45, 7) is 0. The van der Waals surface area contributed by atoms with E-state index >= 15 is 0 Å². The van der Waals surface area contributed by atoms with E-state index < -0.39 is 0 Å². The minimum atomic E-state index is -0.0498. The first-order valence-corrected chi connectivity index (χ1v) is 3.30. The fourth-order valence-electron chi connectivity index (χ4n) is 1.26. The van der Waals surface area contributed by atoms with Gasteiger partial charge in [0.25, 0.3) is 0 Å². The molecule has 0 aromatic carbocycles. The van der Waals surface area contributed by atoms with E-state index in [0.29, 0.717) is 6.04 Å². The quantitative estimate of drug-likeness (QED) is 0.441. The van der Waals surface area contributed by atoms with Gasteiger partial charge in [0.1, 0.15) is 0 Å². The molecule has 0 aromatic heterocycles. The first-order valence-electron chi connectivity index (χ1n) is 3.30. The SMILES string of the molecule is [NH3+][C@H]1CCC[C@@H](O)C1. The first-order chi connectivity index (χ1) is 3.79. The topological polar surface area (TPSA) is 47.9 Å². The van der Waals surface area contributed by atoms with Gasteiger partial charge in [-0.05, 0) is 19.3 Å². The molecule has 0 spiro atoms. The van der Waals surface area contributed by atoms with Crippen LogP contribution in [-0.4, -0.2) is 17.3 Å². The molecular weight excluding hydrogens is 102 g/mol. The average Bonchev–Trinajstić information content (AvgIpc) is 1.64. The number of rotatable bonds is 0. The summed E-state index contributed by atoms with van der Waals surface area (Å²) < 4.78 is 0. The molecule has 1 saturated carbocycles.